The summed E-state index contributed by atoms with van der Waals surface area (Å²) in [6, 6.07) is 7.36. The Balaban J connectivity index is 1.46. The summed E-state index contributed by atoms with van der Waals surface area (Å²) in [5.74, 6) is 2.95. The van der Waals surface area contributed by atoms with Gasteiger partial charge in [-0.1, -0.05) is 24.1 Å². The summed E-state index contributed by atoms with van der Waals surface area (Å²) in [5.41, 5.74) is 0. The first-order valence-corrected chi connectivity index (χ1v) is 8.17. The highest BCUT2D eigenvalue weighted by atomic mass is 35.5. The standard InChI is InChI=1S/C17H22ClNO2/c1-11(16-8-12-5-6-13(16)7-12)19-17(20)10-21-15-4-2-3-14(18)9-15/h2-4,9,11-13,16H,5-8,10H2,1H3,(H,19,20)/t11-,12-,13-,16-/m1/s1. The Bertz CT molecular complexity index is 519. The molecule has 0 spiro atoms. The fourth-order valence-corrected chi connectivity index (χ4v) is 4.19. The minimum Gasteiger partial charge on any atom is -0.484 e. The van der Waals surface area contributed by atoms with Crippen LogP contribution in [0.25, 0.3) is 0 Å². The average Bonchev–Trinajstić information content (AvgIpc) is 3.08. The van der Waals surface area contributed by atoms with Crippen molar-refractivity contribution in [2.24, 2.45) is 17.8 Å². The average molecular weight is 308 g/mol. The molecular formula is C17H22ClNO2. The number of hydrogen-bond donors (Lipinski definition) is 1. The second kappa shape index (κ2) is 6.27. The summed E-state index contributed by atoms with van der Waals surface area (Å²) in [6.45, 7) is 2.17. The predicted octanol–water partition coefficient (Wildman–Crippen LogP) is 3.66. The Labute approximate surface area is 131 Å². The highest BCUT2D eigenvalue weighted by molar-refractivity contribution is 6.30. The van der Waals surface area contributed by atoms with Crippen molar-refractivity contribution >= 4 is 17.5 Å². The first-order valence-electron chi connectivity index (χ1n) is 7.79. The van der Waals surface area contributed by atoms with Crippen LogP contribution < -0.4 is 10.1 Å². The van der Waals surface area contributed by atoms with E-state index in [1.807, 2.05) is 6.07 Å². The maximum absolute atomic E-state index is 12.0. The van der Waals surface area contributed by atoms with Crippen LogP contribution >= 0.6 is 11.6 Å². The summed E-state index contributed by atoms with van der Waals surface area (Å²) < 4.78 is 5.48. The lowest BCUT2D eigenvalue weighted by atomic mass is 9.84. The zero-order valence-corrected chi connectivity index (χ0v) is 13.1. The van der Waals surface area contributed by atoms with Crippen LogP contribution in [0.15, 0.2) is 24.3 Å². The normalized spacial score (nSPS) is 28.4. The van der Waals surface area contributed by atoms with Crippen molar-refractivity contribution in [2.75, 3.05) is 6.61 Å². The van der Waals surface area contributed by atoms with Gasteiger partial charge in [0.15, 0.2) is 6.61 Å². The second-order valence-electron chi connectivity index (χ2n) is 6.44. The summed E-state index contributed by atoms with van der Waals surface area (Å²) in [6.07, 6.45) is 5.37. The molecule has 1 N–H and O–H groups in total. The molecule has 1 amide bonds. The number of amides is 1. The van der Waals surface area contributed by atoms with Gasteiger partial charge in [-0.2, -0.15) is 0 Å². The molecular weight excluding hydrogens is 286 g/mol. The highest BCUT2D eigenvalue weighted by Crippen LogP contribution is 2.49. The molecule has 2 bridgehead atoms. The molecule has 0 saturated heterocycles. The molecule has 1 aromatic rings. The van der Waals surface area contributed by atoms with Gasteiger partial charge in [0.2, 0.25) is 0 Å². The van der Waals surface area contributed by atoms with Crippen molar-refractivity contribution in [1.82, 2.24) is 5.32 Å². The van der Waals surface area contributed by atoms with E-state index < -0.39 is 0 Å². The second-order valence-corrected chi connectivity index (χ2v) is 6.88. The van der Waals surface area contributed by atoms with Crippen molar-refractivity contribution in [3.8, 4) is 5.75 Å². The van der Waals surface area contributed by atoms with Crippen molar-refractivity contribution in [3.63, 3.8) is 0 Å². The third-order valence-corrected chi connectivity index (χ3v) is 5.22. The minimum atomic E-state index is -0.0507. The topological polar surface area (TPSA) is 38.3 Å². The number of halogens is 1. The lowest BCUT2D eigenvalue weighted by Crippen LogP contribution is -2.42. The highest BCUT2D eigenvalue weighted by Gasteiger charge is 2.42. The van der Waals surface area contributed by atoms with Crippen LogP contribution in [-0.4, -0.2) is 18.6 Å². The molecule has 114 valence electrons. The summed E-state index contributed by atoms with van der Waals surface area (Å²) in [7, 11) is 0. The van der Waals surface area contributed by atoms with Gasteiger partial charge in [-0.05, 0) is 62.1 Å². The Kier molecular flexibility index (Phi) is 4.39. The van der Waals surface area contributed by atoms with Crippen molar-refractivity contribution < 1.29 is 9.53 Å². The maximum Gasteiger partial charge on any atom is 0.258 e. The molecule has 21 heavy (non-hydrogen) atoms. The number of carbonyl (C=O) groups excluding carboxylic acids is 1. The zero-order chi connectivity index (χ0) is 14.8. The van der Waals surface area contributed by atoms with Gasteiger partial charge in [-0.3, -0.25) is 4.79 Å². The SMILES string of the molecule is C[C@@H](NC(=O)COc1cccc(Cl)c1)[C@H]1C[C@@H]2CC[C@@H]1C2. The third kappa shape index (κ3) is 3.52. The molecule has 0 radical (unpaired) electrons. The predicted molar refractivity (Wildman–Crippen MR) is 83.5 cm³/mol. The Morgan fingerprint density at radius 2 is 2.29 bits per heavy atom. The molecule has 2 aliphatic carbocycles. The number of fused-ring (bicyclic) bond motifs is 2. The summed E-state index contributed by atoms with van der Waals surface area (Å²) >= 11 is 5.89. The molecule has 0 unspecified atom stereocenters. The largest absolute Gasteiger partial charge is 0.484 e. The van der Waals surface area contributed by atoms with Crippen LogP contribution in [0.1, 0.15) is 32.6 Å². The molecule has 0 heterocycles. The summed E-state index contributed by atoms with van der Waals surface area (Å²) in [4.78, 5) is 12.0. The van der Waals surface area contributed by atoms with Gasteiger partial charge in [0, 0.05) is 11.1 Å². The van der Waals surface area contributed by atoms with E-state index >= 15 is 0 Å². The molecule has 3 nitrogen and oxygen atoms in total. The van der Waals surface area contributed by atoms with Gasteiger partial charge in [0.05, 0.1) is 0 Å². The fourth-order valence-electron chi connectivity index (χ4n) is 4.01. The van der Waals surface area contributed by atoms with Crippen molar-refractivity contribution in [3.05, 3.63) is 29.3 Å². The van der Waals surface area contributed by atoms with Crippen molar-refractivity contribution in [2.45, 2.75) is 38.6 Å². The van der Waals surface area contributed by atoms with Gasteiger partial charge in [-0.15, -0.1) is 0 Å². The van der Waals surface area contributed by atoms with Crippen LogP contribution in [0.2, 0.25) is 5.02 Å². The van der Waals surface area contributed by atoms with Gasteiger partial charge in [0.25, 0.3) is 5.91 Å². The lowest BCUT2D eigenvalue weighted by molar-refractivity contribution is -0.124. The first kappa shape index (κ1) is 14.7. The molecule has 2 fully saturated rings. The van der Waals surface area contributed by atoms with Gasteiger partial charge < -0.3 is 10.1 Å². The monoisotopic (exact) mass is 307 g/mol. The van der Waals surface area contributed by atoms with E-state index in [1.165, 1.54) is 25.7 Å². The van der Waals surface area contributed by atoms with Crippen LogP contribution in [0.4, 0.5) is 0 Å². The fraction of sp³-hybridized carbons (Fsp3) is 0.588. The van der Waals surface area contributed by atoms with E-state index in [0.29, 0.717) is 16.7 Å². The Morgan fingerprint density at radius 3 is 2.95 bits per heavy atom. The van der Waals surface area contributed by atoms with E-state index in [1.54, 1.807) is 18.2 Å². The number of benzene rings is 1. The molecule has 4 atom stereocenters. The van der Waals surface area contributed by atoms with E-state index in [2.05, 4.69) is 12.2 Å². The number of hydrogen-bond acceptors (Lipinski definition) is 2. The number of nitrogens with one attached hydrogen (secondary N) is 1. The molecule has 3 rings (SSSR count). The van der Waals surface area contributed by atoms with Crippen LogP contribution in [0, 0.1) is 17.8 Å². The van der Waals surface area contributed by atoms with Crippen LogP contribution in [0.3, 0.4) is 0 Å². The third-order valence-electron chi connectivity index (χ3n) is 4.99. The zero-order valence-electron chi connectivity index (χ0n) is 12.3. The number of ether oxygens (including phenoxy) is 1. The lowest BCUT2D eigenvalue weighted by Gasteiger charge is -2.28. The number of carbonyl (C=O) groups is 1. The molecule has 1 aromatic carbocycles. The molecule has 2 saturated carbocycles. The smallest absolute Gasteiger partial charge is 0.258 e. The molecule has 0 aromatic heterocycles. The van der Waals surface area contributed by atoms with Gasteiger partial charge in [0.1, 0.15) is 5.75 Å². The molecule has 4 heteroatoms. The van der Waals surface area contributed by atoms with Gasteiger partial charge in [-0.25, -0.2) is 0 Å². The van der Waals surface area contributed by atoms with Crippen molar-refractivity contribution in [1.29, 1.82) is 0 Å². The Morgan fingerprint density at radius 1 is 1.43 bits per heavy atom. The van der Waals surface area contributed by atoms with Gasteiger partial charge >= 0.3 is 0 Å². The maximum atomic E-state index is 12.0. The molecule has 0 aliphatic heterocycles. The van der Waals surface area contributed by atoms with E-state index in [9.17, 15) is 4.79 Å². The Hall–Kier alpha value is -1.22. The quantitative estimate of drug-likeness (QED) is 0.901. The van der Waals surface area contributed by atoms with Crippen LogP contribution in [0.5, 0.6) is 5.75 Å². The van der Waals surface area contributed by atoms with E-state index in [-0.39, 0.29) is 18.6 Å². The van der Waals surface area contributed by atoms with E-state index in [0.717, 1.165) is 11.8 Å². The first-order chi connectivity index (χ1) is 10.1. The minimum absolute atomic E-state index is 0.0471. The molecule has 2 aliphatic rings. The number of rotatable bonds is 5. The van der Waals surface area contributed by atoms with E-state index in [4.69, 9.17) is 16.3 Å². The van der Waals surface area contributed by atoms with Crippen LogP contribution in [-0.2, 0) is 4.79 Å². The summed E-state index contributed by atoms with van der Waals surface area (Å²) in [5, 5.41) is 3.71.